The van der Waals surface area contributed by atoms with Gasteiger partial charge in [0.15, 0.2) is 0 Å². The molecule has 3 N–H and O–H groups in total. The minimum absolute atomic E-state index is 0.296. The summed E-state index contributed by atoms with van der Waals surface area (Å²) in [5.41, 5.74) is 3.19. The van der Waals surface area contributed by atoms with Crippen LogP contribution < -0.4 is 15.5 Å². The number of benzene rings is 3. The number of carbonyl (C=O) groups excluding carboxylic acids is 3. The number of hydrogen-bond donors (Lipinski definition) is 3. The van der Waals surface area contributed by atoms with Crippen LogP contribution in [-0.2, 0) is 26.3 Å². The Kier molecular flexibility index (Phi) is 4.68. The molecule has 184 valence electrons. The maximum absolute atomic E-state index is 14.1. The Balaban J connectivity index is 1.40. The molecule has 0 saturated carbocycles. The van der Waals surface area contributed by atoms with Crippen LogP contribution in [0.5, 0.6) is 0 Å². The van der Waals surface area contributed by atoms with E-state index in [9.17, 15) is 14.4 Å². The van der Waals surface area contributed by atoms with Gasteiger partial charge >= 0.3 is 0 Å². The first-order valence-corrected chi connectivity index (χ1v) is 12.7. The third-order valence-corrected chi connectivity index (χ3v) is 8.33. The quantitative estimate of drug-likeness (QED) is 0.358. The number of carbonyl (C=O) groups is 3. The van der Waals surface area contributed by atoms with Crippen molar-refractivity contribution in [1.29, 1.82) is 0 Å². The number of hydrogen-bond acceptors (Lipinski definition) is 4. The van der Waals surface area contributed by atoms with Gasteiger partial charge in [-0.3, -0.25) is 19.7 Å². The predicted octanol–water partition coefficient (Wildman–Crippen LogP) is 4.30. The molecule has 7 rings (SSSR count). The number of imide groups is 1. The summed E-state index contributed by atoms with van der Waals surface area (Å²) >= 11 is 6.45. The van der Waals surface area contributed by atoms with E-state index in [1.807, 2.05) is 43.5 Å². The number of anilines is 2. The molecule has 7 nitrogen and oxygen atoms in total. The zero-order chi connectivity index (χ0) is 25.5. The van der Waals surface area contributed by atoms with E-state index in [0.29, 0.717) is 28.4 Å². The number of para-hydroxylation sites is 2. The number of amides is 3. The van der Waals surface area contributed by atoms with Crippen molar-refractivity contribution < 1.29 is 14.4 Å². The van der Waals surface area contributed by atoms with Crippen molar-refractivity contribution in [3.8, 4) is 0 Å². The molecule has 1 spiro atoms. The van der Waals surface area contributed by atoms with Gasteiger partial charge in [-0.05, 0) is 54.8 Å². The Morgan fingerprint density at radius 2 is 1.73 bits per heavy atom. The summed E-state index contributed by atoms with van der Waals surface area (Å²) in [6, 6.07) is 19.9. The van der Waals surface area contributed by atoms with Crippen molar-refractivity contribution in [2.75, 3.05) is 10.2 Å². The van der Waals surface area contributed by atoms with Crippen LogP contribution in [0.4, 0.5) is 11.4 Å². The van der Waals surface area contributed by atoms with Crippen LogP contribution in [0.1, 0.15) is 16.7 Å². The van der Waals surface area contributed by atoms with E-state index in [1.165, 1.54) is 4.90 Å². The summed E-state index contributed by atoms with van der Waals surface area (Å²) in [6.07, 6.45) is 2.41. The number of aromatic nitrogens is 1. The molecular formula is C29H23ClN4O3. The van der Waals surface area contributed by atoms with Crippen molar-refractivity contribution in [3.63, 3.8) is 0 Å². The van der Waals surface area contributed by atoms with Crippen molar-refractivity contribution in [2.45, 2.75) is 24.9 Å². The second-order valence-electron chi connectivity index (χ2n) is 10.1. The van der Waals surface area contributed by atoms with Crippen LogP contribution in [-0.4, -0.2) is 28.7 Å². The van der Waals surface area contributed by atoms with E-state index in [1.54, 1.807) is 36.4 Å². The fourth-order valence-electron chi connectivity index (χ4n) is 6.58. The second kappa shape index (κ2) is 7.78. The molecular weight excluding hydrogens is 488 g/mol. The van der Waals surface area contributed by atoms with E-state index in [4.69, 9.17) is 11.6 Å². The van der Waals surface area contributed by atoms with Crippen LogP contribution in [0.25, 0.3) is 10.9 Å². The molecule has 1 aromatic heterocycles. The average Bonchev–Trinajstić information content (AvgIpc) is 3.60. The first kappa shape index (κ1) is 22.3. The number of aryl methyl sites for hydroxylation is 1. The topological polar surface area (TPSA) is 94.3 Å². The van der Waals surface area contributed by atoms with Crippen LogP contribution in [0, 0.1) is 18.8 Å². The summed E-state index contributed by atoms with van der Waals surface area (Å²) < 4.78 is 0. The lowest BCUT2D eigenvalue weighted by molar-refractivity contribution is -0.130. The molecule has 2 saturated heterocycles. The minimum atomic E-state index is -1.40. The molecule has 37 heavy (non-hydrogen) atoms. The Hall–Kier alpha value is -3.94. The Labute approximate surface area is 217 Å². The summed E-state index contributed by atoms with van der Waals surface area (Å²) in [7, 11) is 0. The van der Waals surface area contributed by atoms with E-state index >= 15 is 0 Å². The van der Waals surface area contributed by atoms with Crippen LogP contribution in [0.3, 0.4) is 0 Å². The Morgan fingerprint density at radius 1 is 0.973 bits per heavy atom. The number of nitrogens with one attached hydrogen (secondary N) is 3. The molecule has 0 radical (unpaired) electrons. The predicted molar refractivity (Wildman–Crippen MR) is 141 cm³/mol. The molecule has 0 bridgehead atoms. The maximum atomic E-state index is 14.1. The molecule has 8 heteroatoms. The molecule has 3 aliphatic heterocycles. The zero-order valence-corrected chi connectivity index (χ0v) is 20.7. The normalized spacial score (nSPS) is 26.3. The molecule has 4 aromatic rings. The van der Waals surface area contributed by atoms with Crippen molar-refractivity contribution in [1.82, 2.24) is 10.3 Å². The van der Waals surface area contributed by atoms with E-state index in [-0.39, 0.29) is 17.7 Å². The summed E-state index contributed by atoms with van der Waals surface area (Å²) in [6.45, 7) is 1.87. The largest absolute Gasteiger partial charge is 0.361 e. The molecule has 2 fully saturated rings. The lowest BCUT2D eigenvalue weighted by Gasteiger charge is -2.29. The van der Waals surface area contributed by atoms with Gasteiger partial charge in [-0.2, -0.15) is 0 Å². The molecule has 3 aromatic carbocycles. The fourth-order valence-corrected chi connectivity index (χ4v) is 6.85. The van der Waals surface area contributed by atoms with Crippen molar-refractivity contribution in [3.05, 3.63) is 94.6 Å². The summed E-state index contributed by atoms with van der Waals surface area (Å²) in [4.78, 5) is 46.4. The molecule has 0 aliphatic carbocycles. The first-order valence-electron chi connectivity index (χ1n) is 12.3. The highest BCUT2D eigenvalue weighted by atomic mass is 35.5. The van der Waals surface area contributed by atoms with Gasteiger partial charge < -0.3 is 10.3 Å². The van der Waals surface area contributed by atoms with Gasteiger partial charge in [0.25, 0.3) is 0 Å². The van der Waals surface area contributed by atoms with Crippen LogP contribution in [0.2, 0.25) is 5.02 Å². The van der Waals surface area contributed by atoms with Gasteiger partial charge in [-0.25, -0.2) is 4.90 Å². The molecule has 3 amide bonds. The number of nitrogens with zero attached hydrogens (tertiary/aromatic N) is 1. The third kappa shape index (κ3) is 2.95. The zero-order valence-electron chi connectivity index (χ0n) is 19.9. The number of fused-ring (bicyclic) bond motifs is 5. The van der Waals surface area contributed by atoms with Crippen LogP contribution >= 0.6 is 11.6 Å². The van der Waals surface area contributed by atoms with Gasteiger partial charge in [0.1, 0.15) is 5.54 Å². The highest BCUT2D eigenvalue weighted by Crippen LogP contribution is 2.55. The molecule has 4 atom stereocenters. The van der Waals surface area contributed by atoms with E-state index in [0.717, 1.165) is 22.0 Å². The monoisotopic (exact) mass is 510 g/mol. The smallest absolute Gasteiger partial charge is 0.250 e. The number of rotatable bonds is 3. The molecule has 4 heterocycles. The fraction of sp³-hybridized carbons (Fsp3) is 0.207. The lowest BCUT2D eigenvalue weighted by Crippen LogP contribution is -2.53. The maximum Gasteiger partial charge on any atom is 0.250 e. The standard InChI is InChI=1S/C29H23ClN4O3/c1-15-11-17(30)13-20-25(15)32-28(37)29(20)24-23(26(35)34(27(24)36)18-7-3-2-4-8-18)22(33-29)12-16-14-31-21-10-6-5-9-19(16)21/h2-11,13-14,22-24,31,33H,12H2,1H3,(H,32,37)/t22-,23-,24+,29+/m1/s1. The second-order valence-corrected chi connectivity index (χ2v) is 10.5. The van der Waals surface area contributed by atoms with Crippen molar-refractivity contribution in [2.24, 2.45) is 11.8 Å². The molecule has 3 aliphatic rings. The van der Waals surface area contributed by atoms with Gasteiger partial charge in [0, 0.05) is 39.4 Å². The molecule has 0 unspecified atom stereocenters. The van der Waals surface area contributed by atoms with Gasteiger partial charge in [0.2, 0.25) is 17.7 Å². The lowest BCUT2D eigenvalue weighted by atomic mass is 9.76. The summed E-state index contributed by atoms with van der Waals surface area (Å²) in [5.74, 6) is -2.64. The average molecular weight is 511 g/mol. The van der Waals surface area contributed by atoms with E-state index in [2.05, 4.69) is 15.6 Å². The minimum Gasteiger partial charge on any atom is -0.361 e. The highest BCUT2D eigenvalue weighted by molar-refractivity contribution is 6.31. The summed E-state index contributed by atoms with van der Waals surface area (Å²) in [5, 5.41) is 8.02. The Bertz CT molecular complexity index is 1630. The van der Waals surface area contributed by atoms with E-state index < -0.39 is 23.4 Å². The first-order chi connectivity index (χ1) is 17.9. The Morgan fingerprint density at radius 3 is 2.54 bits per heavy atom. The number of halogens is 1. The van der Waals surface area contributed by atoms with Crippen molar-refractivity contribution >= 4 is 51.6 Å². The third-order valence-electron chi connectivity index (χ3n) is 8.12. The number of H-pyrrole nitrogens is 1. The SMILES string of the molecule is Cc1cc(Cl)cc2c1NC(=O)[C@]21N[C@H](Cc2c[nH]c3ccccc23)[C@H]2C(=O)N(c3ccccc3)C(=O)[C@H]21. The van der Waals surface area contributed by atoms with Gasteiger partial charge in [-0.1, -0.05) is 48.0 Å². The number of aromatic amines is 1. The van der Waals surface area contributed by atoms with Gasteiger partial charge in [-0.15, -0.1) is 0 Å². The highest BCUT2D eigenvalue weighted by Gasteiger charge is 2.70. The van der Waals surface area contributed by atoms with Gasteiger partial charge in [0.05, 0.1) is 17.5 Å². The van der Waals surface area contributed by atoms with Crippen LogP contribution in [0.15, 0.2) is 72.9 Å².